The Morgan fingerprint density at radius 2 is 1.77 bits per heavy atom. The number of amides is 1. The fourth-order valence-corrected chi connectivity index (χ4v) is 2.97. The summed E-state index contributed by atoms with van der Waals surface area (Å²) in [5, 5.41) is 8.42. The van der Waals surface area contributed by atoms with Crippen molar-refractivity contribution in [3.63, 3.8) is 0 Å². The molecule has 0 aromatic heterocycles. The van der Waals surface area contributed by atoms with E-state index in [9.17, 15) is 4.79 Å². The van der Waals surface area contributed by atoms with Gasteiger partial charge in [0.25, 0.3) is 5.91 Å². The molecule has 0 aliphatic rings. The Morgan fingerprint density at radius 3 is 2.37 bits per heavy atom. The van der Waals surface area contributed by atoms with Gasteiger partial charge in [0, 0.05) is 0 Å². The van der Waals surface area contributed by atoms with Crippen LogP contribution in [-0.2, 0) is 11.2 Å². The molecule has 6 nitrogen and oxygen atoms in total. The van der Waals surface area contributed by atoms with Crippen molar-refractivity contribution in [3.8, 4) is 11.5 Å². The number of para-hydroxylation sites is 2. The van der Waals surface area contributed by atoms with Crippen molar-refractivity contribution >= 4 is 63.7 Å². The van der Waals surface area contributed by atoms with E-state index in [0.29, 0.717) is 17.2 Å². The molecule has 0 fully saturated rings. The van der Waals surface area contributed by atoms with E-state index in [2.05, 4.69) is 22.9 Å². The molecule has 162 valence electrons. The lowest BCUT2D eigenvalue weighted by Crippen LogP contribution is -2.57. The van der Waals surface area contributed by atoms with Crippen LogP contribution in [0.2, 0.25) is 0 Å². The molecular formula is C20H22Cl3N3O3S. The van der Waals surface area contributed by atoms with Crippen LogP contribution in [0.4, 0.5) is 5.69 Å². The number of rotatable bonds is 8. The van der Waals surface area contributed by atoms with Gasteiger partial charge in [-0.05, 0) is 48.5 Å². The number of carbonyl (C=O) groups excluding carboxylic acids is 1. The van der Waals surface area contributed by atoms with Gasteiger partial charge in [-0.25, -0.2) is 0 Å². The van der Waals surface area contributed by atoms with Crippen LogP contribution >= 0.6 is 47.0 Å². The molecule has 2 aromatic rings. The fourth-order valence-electron chi connectivity index (χ4n) is 2.41. The van der Waals surface area contributed by atoms with Crippen molar-refractivity contribution in [2.24, 2.45) is 0 Å². The Hall–Kier alpha value is -1.93. The maximum Gasteiger partial charge on any atom is 0.259 e. The summed E-state index contributed by atoms with van der Waals surface area (Å²) in [5.41, 5.74) is 1.79. The predicted octanol–water partition coefficient (Wildman–Crippen LogP) is 4.44. The van der Waals surface area contributed by atoms with Gasteiger partial charge in [-0.1, -0.05) is 66.0 Å². The van der Waals surface area contributed by atoms with Crippen LogP contribution in [0.15, 0.2) is 48.5 Å². The molecule has 0 unspecified atom stereocenters. The Labute approximate surface area is 196 Å². The monoisotopic (exact) mass is 489 g/mol. The van der Waals surface area contributed by atoms with Crippen LogP contribution in [0.3, 0.4) is 0 Å². The van der Waals surface area contributed by atoms with Gasteiger partial charge in [0.2, 0.25) is 3.79 Å². The number of methoxy groups -OCH3 is 1. The third-order valence-electron chi connectivity index (χ3n) is 3.96. The second-order valence-corrected chi connectivity index (χ2v) is 8.90. The zero-order valence-electron chi connectivity index (χ0n) is 16.4. The highest BCUT2D eigenvalue weighted by molar-refractivity contribution is 7.80. The Bertz CT molecular complexity index is 860. The number of aryl methyl sites for hydroxylation is 1. The molecule has 0 saturated carbocycles. The number of alkyl halides is 3. The van der Waals surface area contributed by atoms with Crippen molar-refractivity contribution in [1.29, 1.82) is 0 Å². The Morgan fingerprint density at radius 1 is 1.10 bits per heavy atom. The normalized spacial score (nSPS) is 11.9. The van der Waals surface area contributed by atoms with Gasteiger partial charge in [-0.3, -0.25) is 4.79 Å². The molecule has 0 aliphatic heterocycles. The lowest BCUT2D eigenvalue weighted by Gasteiger charge is -2.28. The van der Waals surface area contributed by atoms with Crippen molar-refractivity contribution in [3.05, 3.63) is 54.1 Å². The van der Waals surface area contributed by atoms with Crippen molar-refractivity contribution < 1.29 is 14.3 Å². The number of carbonyl (C=O) groups is 1. The molecule has 0 radical (unpaired) electrons. The summed E-state index contributed by atoms with van der Waals surface area (Å²) in [7, 11) is 1.54. The van der Waals surface area contributed by atoms with Gasteiger partial charge in [0.15, 0.2) is 11.7 Å². The highest BCUT2D eigenvalue weighted by atomic mass is 35.6. The molecule has 0 heterocycles. The van der Waals surface area contributed by atoms with Crippen LogP contribution in [-0.4, -0.2) is 34.7 Å². The molecule has 3 N–H and O–H groups in total. The molecular weight excluding hydrogens is 469 g/mol. The summed E-state index contributed by atoms with van der Waals surface area (Å²) in [6.45, 7) is 1.80. The van der Waals surface area contributed by atoms with Gasteiger partial charge in [-0.15, -0.1) is 0 Å². The summed E-state index contributed by atoms with van der Waals surface area (Å²) < 4.78 is 8.86. The molecule has 0 spiro atoms. The number of halogens is 3. The third-order valence-corrected chi connectivity index (χ3v) is 4.84. The fraction of sp³-hybridized carbons (Fsp3) is 0.300. The van der Waals surface area contributed by atoms with Crippen LogP contribution < -0.4 is 25.4 Å². The summed E-state index contributed by atoms with van der Waals surface area (Å²) >= 11 is 23.3. The van der Waals surface area contributed by atoms with Crippen LogP contribution in [0.5, 0.6) is 11.5 Å². The predicted molar refractivity (Wildman–Crippen MR) is 126 cm³/mol. The van der Waals surface area contributed by atoms with Crippen LogP contribution in [0.25, 0.3) is 0 Å². The molecule has 30 heavy (non-hydrogen) atoms. The summed E-state index contributed by atoms with van der Waals surface area (Å²) in [4.78, 5) is 12.3. The minimum absolute atomic E-state index is 0.132. The molecule has 1 atom stereocenters. The van der Waals surface area contributed by atoms with E-state index >= 15 is 0 Å². The molecule has 0 saturated heterocycles. The highest BCUT2D eigenvalue weighted by Gasteiger charge is 2.34. The van der Waals surface area contributed by atoms with Crippen molar-refractivity contribution in [2.45, 2.75) is 23.3 Å². The first kappa shape index (κ1) is 24.3. The highest BCUT2D eigenvalue weighted by Crippen LogP contribution is 2.29. The Kier molecular flexibility index (Phi) is 9.30. The van der Waals surface area contributed by atoms with E-state index in [4.69, 9.17) is 56.5 Å². The largest absolute Gasteiger partial charge is 0.495 e. The lowest BCUT2D eigenvalue weighted by molar-refractivity contribution is -0.123. The van der Waals surface area contributed by atoms with Gasteiger partial charge in [0.1, 0.15) is 17.7 Å². The number of thiocarbonyl (C=S) groups is 1. The zero-order valence-corrected chi connectivity index (χ0v) is 19.5. The maximum atomic E-state index is 12.3. The molecule has 10 heteroatoms. The Balaban J connectivity index is 1.94. The first-order valence-corrected chi connectivity index (χ1v) is 10.6. The van der Waals surface area contributed by atoms with Crippen LogP contribution in [0, 0.1) is 0 Å². The maximum absolute atomic E-state index is 12.3. The van der Waals surface area contributed by atoms with Gasteiger partial charge in [-0.2, -0.15) is 0 Å². The van der Waals surface area contributed by atoms with Gasteiger partial charge in [0.05, 0.1) is 12.8 Å². The van der Waals surface area contributed by atoms with Crippen molar-refractivity contribution in [1.82, 2.24) is 10.6 Å². The van der Waals surface area contributed by atoms with Gasteiger partial charge < -0.3 is 25.4 Å². The summed E-state index contributed by atoms with van der Waals surface area (Å²) in [6, 6.07) is 14.6. The molecule has 0 aliphatic carbocycles. The van der Waals surface area contributed by atoms with E-state index < -0.39 is 15.9 Å². The minimum Gasteiger partial charge on any atom is -0.495 e. The smallest absolute Gasteiger partial charge is 0.259 e. The standard InChI is InChI=1S/C20H22Cl3N3O3S/c1-3-13-8-10-14(11-9-13)29-12-17(27)25-18(20(21,22)23)26-19(30)24-15-6-4-5-7-16(15)28-2/h4-11,18H,3,12H2,1-2H3,(H,25,27)(H2,24,26,30)/t18-/m1/s1. The zero-order chi connectivity index (χ0) is 22.1. The first-order chi connectivity index (χ1) is 14.2. The number of nitrogens with one attached hydrogen (secondary N) is 3. The molecule has 2 rings (SSSR count). The number of benzene rings is 2. The van der Waals surface area contributed by atoms with E-state index in [1.807, 2.05) is 24.3 Å². The van der Waals surface area contributed by atoms with E-state index in [0.717, 1.165) is 6.42 Å². The minimum atomic E-state index is -1.87. The second-order valence-electron chi connectivity index (χ2n) is 6.13. The quantitative estimate of drug-likeness (QED) is 0.289. The number of anilines is 1. The van der Waals surface area contributed by atoms with Crippen LogP contribution in [0.1, 0.15) is 12.5 Å². The van der Waals surface area contributed by atoms with E-state index in [1.165, 1.54) is 12.7 Å². The molecule has 1 amide bonds. The second kappa shape index (κ2) is 11.5. The number of hydrogen-bond acceptors (Lipinski definition) is 4. The van der Waals surface area contributed by atoms with E-state index in [1.54, 1.807) is 24.3 Å². The molecule has 0 bridgehead atoms. The number of hydrogen-bond donors (Lipinski definition) is 3. The topological polar surface area (TPSA) is 71.6 Å². The number of ether oxygens (including phenoxy) is 2. The SMILES string of the molecule is CCc1ccc(OCC(=O)N[C@H](NC(=S)Nc2ccccc2OC)C(Cl)(Cl)Cl)cc1. The summed E-state index contributed by atoms with van der Waals surface area (Å²) in [5.74, 6) is 0.659. The first-order valence-electron chi connectivity index (χ1n) is 9.01. The third kappa shape index (κ3) is 7.72. The average molecular weight is 491 g/mol. The van der Waals surface area contributed by atoms with Gasteiger partial charge >= 0.3 is 0 Å². The average Bonchev–Trinajstić information content (AvgIpc) is 2.72. The van der Waals surface area contributed by atoms with E-state index in [-0.39, 0.29) is 11.7 Å². The summed E-state index contributed by atoms with van der Waals surface area (Å²) in [6.07, 6.45) is -0.184. The van der Waals surface area contributed by atoms with Crippen molar-refractivity contribution in [2.75, 3.05) is 19.0 Å². The lowest BCUT2D eigenvalue weighted by atomic mass is 10.2. The molecule has 2 aromatic carbocycles.